The zero-order chi connectivity index (χ0) is 15.9. The molecule has 0 aromatic rings. The summed E-state index contributed by atoms with van der Waals surface area (Å²) < 4.78 is 9.86. The van der Waals surface area contributed by atoms with Gasteiger partial charge in [0.25, 0.3) is 5.79 Å². The van der Waals surface area contributed by atoms with Crippen molar-refractivity contribution in [1.82, 2.24) is 0 Å². The van der Waals surface area contributed by atoms with E-state index in [2.05, 4.69) is 6.92 Å². The lowest BCUT2D eigenvalue weighted by Gasteiger charge is -2.32. The van der Waals surface area contributed by atoms with Crippen molar-refractivity contribution in [2.75, 3.05) is 0 Å². The van der Waals surface area contributed by atoms with Gasteiger partial charge in [-0.2, -0.15) is 0 Å². The van der Waals surface area contributed by atoms with Crippen LogP contribution in [-0.2, 0) is 23.9 Å². The highest BCUT2D eigenvalue weighted by molar-refractivity contribution is 6.15. The largest absolute Gasteiger partial charge is 0.422 e. The number of carbonyl (C=O) groups is 3. The van der Waals surface area contributed by atoms with E-state index in [-0.39, 0.29) is 6.42 Å². The van der Waals surface area contributed by atoms with E-state index in [0.717, 1.165) is 12.8 Å². The number of ether oxygens (including phenoxy) is 2. The molecule has 0 atom stereocenters. The van der Waals surface area contributed by atoms with Gasteiger partial charge in [0, 0.05) is 20.3 Å². The summed E-state index contributed by atoms with van der Waals surface area (Å²) in [7, 11) is 0. The molecule has 0 aromatic carbocycles. The number of allylic oxidation sites excluding steroid dienone is 2. The molecular weight excluding hydrogens is 272 g/mol. The molecule has 0 aromatic heterocycles. The number of cyclic esters (lactones) is 2. The molecule has 0 spiro atoms. The summed E-state index contributed by atoms with van der Waals surface area (Å²) in [5.41, 5.74) is 0. The zero-order valence-electron chi connectivity index (χ0n) is 13.0. The first-order valence-electron chi connectivity index (χ1n) is 7.51. The molecule has 1 heterocycles. The van der Waals surface area contributed by atoms with E-state index in [4.69, 9.17) is 9.47 Å². The molecule has 0 saturated carbocycles. The second-order valence-corrected chi connectivity index (χ2v) is 5.65. The van der Waals surface area contributed by atoms with Gasteiger partial charge in [0.05, 0.1) is 0 Å². The molecule has 5 heteroatoms. The second-order valence-electron chi connectivity index (χ2n) is 5.65. The van der Waals surface area contributed by atoms with E-state index < -0.39 is 29.4 Å². The summed E-state index contributed by atoms with van der Waals surface area (Å²) in [6, 6.07) is 0. The number of rotatable bonds is 8. The fourth-order valence-corrected chi connectivity index (χ4v) is 2.10. The van der Waals surface area contributed by atoms with E-state index in [1.807, 2.05) is 12.2 Å². The maximum atomic E-state index is 11.9. The highest BCUT2D eigenvalue weighted by Crippen LogP contribution is 2.24. The average molecular weight is 296 g/mol. The van der Waals surface area contributed by atoms with Crippen LogP contribution in [0.1, 0.15) is 59.3 Å². The van der Waals surface area contributed by atoms with Gasteiger partial charge in [-0.25, -0.2) is 0 Å². The smallest absolute Gasteiger partial charge is 0.331 e. The highest BCUT2D eigenvalue weighted by Gasteiger charge is 2.46. The van der Waals surface area contributed by atoms with Gasteiger partial charge in [-0.1, -0.05) is 31.9 Å². The fraction of sp³-hybridized carbons (Fsp3) is 0.688. The van der Waals surface area contributed by atoms with Crippen molar-refractivity contribution in [1.29, 1.82) is 0 Å². The van der Waals surface area contributed by atoms with Crippen LogP contribution in [0.15, 0.2) is 12.2 Å². The number of ketones is 1. The Morgan fingerprint density at radius 2 is 1.67 bits per heavy atom. The van der Waals surface area contributed by atoms with Crippen LogP contribution in [-0.4, -0.2) is 23.5 Å². The van der Waals surface area contributed by atoms with Gasteiger partial charge in [0.1, 0.15) is 0 Å². The van der Waals surface area contributed by atoms with Crippen LogP contribution in [0.4, 0.5) is 0 Å². The van der Waals surface area contributed by atoms with Crippen LogP contribution in [0, 0.1) is 5.92 Å². The van der Waals surface area contributed by atoms with E-state index >= 15 is 0 Å². The van der Waals surface area contributed by atoms with Crippen molar-refractivity contribution in [3.8, 4) is 0 Å². The highest BCUT2D eigenvalue weighted by atomic mass is 16.7. The lowest BCUT2D eigenvalue weighted by atomic mass is 9.99. The number of hydrogen-bond acceptors (Lipinski definition) is 5. The molecule has 0 amide bonds. The lowest BCUT2D eigenvalue weighted by Crippen LogP contribution is -2.49. The van der Waals surface area contributed by atoms with E-state index in [1.54, 1.807) is 0 Å². The lowest BCUT2D eigenvalue weighted by molar-refractivity contribution is -0.238. The molecule has 1 saturated heterocycles. The molecular formula is C16H24O5. The Balaban J connectivity index is 2.38. The van der Waals surface area contributed by atoms with Gasteiger partial charge in [0.2, 0.25) is 5.92 Å². The SMILES string of the molecule is CCCCCC=CCCC(=O)C1C(=O)OC(C)(C)OC1=O. The Kier molecular flexibility index (Phi) is 6.59. The predicted molar refractivity (Wildman–Crippen MR) is 77.3 cm³/mol. The summed E-state index contributed by atoms with van der Waals surface area (Å²) in [6.07, 6.45) is 9.10. The third kappa shape index (κ3) is 5.69. The Morgan fingerprint density at radius 3 is 2.24 bits per heavy atom. The van der Waals surface area contributed by atoms with Crippen LogP contribution in [0.2, 0.25) is 0 Å². The number of unbranched alkanes of at least 4 members (excludes halogenated alkanes) is 3. The standard InChI is InChI=1S/C16H24O5/c1-4-5-6-7-8-9-10-11-12(17)13-14(18)20-16(2,3)21-15(13)19/h8-9,13H,4-7,10-11H2,1-3H3. The number of carbonyl (C=O) groups excluding carboxylic acids is 3. The van der Waals surface area contributed by atoms with Crippen molar-refractivity contribution in [3.05, 3.63) is 12.2 Å². The normalized spacial score (nSPS) is 18.6. The number of esters is 2. The van der Waals surface area contributed by atoms with Crippen LogP contribution in [0.3, 0.4) is 0 Å². The Labute approximate surface area is 125 Å². The molecule has 118 valence electrons. The Morgan fingerprint density at radius 1 is 1.10 bits per heavy atom. The summed E-state index contributed by atoms with van der Waals surface area (Å²) in [5.74, 6) is -4.78. The third-order valence-corrected chi connectivity index (χ3v) is 3.18. The van der Waals surface area contributed by atoms with Crippen LogP contribution in [0.5, 0.6) is 0 Å². The second kappa shape index (κ2) is 7.96. The Hall–Kier alpha value is -1.65. The quantitative estimate of drug-likeness (QED) is 0.298. The molecule has 21 heavy (non-hydrogen) atoms. The fourth-order valence-electron chi connectivity index (χ4n) is 2.10. The monoisotopic (exact) mass is 296 g/mol. The molecule has 1 rings (SSSR count). The van der Waals surface area contributed by atoms with Crippen molar-refractivity contribution >= 4 is 17.7 Å². The predicted octanol–water partition coefficient (Wildman–Crippen LogP) is 2.92. The van der Waals surface area contributed by atoms with Gasteiger partial charge >= 0.3 is 11.9 Å². The summed E-state index contributed by atoms with van der Waals surface area (Å²) in [6.45, 7) is 5.07. The average Bonchev–Trinajstić information content (AvgIpc) is 2.35. The number of Topliss-reactive ketones (excluding diaryl/α,β-unsaturated/α-hetero) is 1. The van der Waals surface area contributed by atoms with E-state index in [9.17, 15) is 14.4 Å². The van der Waals surface area contributed by atoms with E-state index in [0.29, 0.717) is 6.42 Å². The van der Waals surface area contributed by atoms with Gasteiger partial charge in [-0.05, 0) is 19.3 Å². The van der Waals surface area contributed by atoms with Crippen molar-refractivity contribution in [2.24, 2.45) is 5.92 Å². The topological polar surface area (TPSA) is 69.7 Å². The van der Waals surface area contributed by atoms with Gasteiger partial charge in [0.15, 0.2) is 5.78 Å². The van der Waals surface area contributed by atoms with Crippen molar-refractivity contribution in [2.45, 2.75) is 65.1 Å². The minimum atomic E-state index is -1.42. The third-order valence-electron chi connectivity index (χ3n) is 3.18. The molecule has 0 N–H and O–H groups in total. The first kappa shape index (κ1) is 17.4. The molecule has 0 aliphatic carbocycles. The maximum absolute atomic E-state index is 11.9. The van der Waals surface area contributed by atoms with Crippen molar-refractivity contribution < 1.29 is 23.9 Å². The molecule has 1 fully saturated rings. The van der Waals surface area contributed by atoms with Gasteiger partial charge in [-0.3, -0.25) is 14.4 Å². The molecule has 1 aliphatic heterocycles. The number of hydrogen-bond donors (Lipinski definition) is 0. The maximum Gasteiger partial charge on any atom is 0.331 e. The van der Waals surface area contributed by atoms with Gasteiger partial charge < -0.3 is 9.47 Å². The minimum absolute atomic E-state index is 0.138. The van der Waals surface area contributed by atoms with Crippen LogP contribution >= 0.6 is 0 Å². The molecule has 0 unspecified atom stereocenters. The molecule has 5 nitrogen and oxygen atoms in total. The van der Waals surface area contributed by atoms with Crippen molar-refractivity contribution in [3.63, 3.8) is 0 Å². The van der Waals surface area contributed by atoms with Crippen LogP contribution in [0.25, 0.3) is 0 Å². The first-order chi connectivity index (χ1) is 9.87. The summed E-state index contributed by atoms with van der Waals surface area (Å²) in [4.78, 5) is 35.3. The first-order valence-corrected chi connectivity index (χ1v) is 7.51. The van der Waals surface area contributed by atoms with E-state index in [1.165, 1.54) is 26.7 Å². The van der Waals surface area contributed by atoms with Gasteiger partial charge in [-0.15, -0.1) is 0 Å². The molecule has 1 aliphatic rings. The zero-order valence-corrected chi connectivity index (χ0v) is 13.0. The minimum Gasteiger partial charge on any atom is -0.422 e. The summed E-state index contributed by atoms with van der Waals surface area (Å²) in [5, 5.41) is 0. The molecule has 0 radical (unpaired) electrons. The van der Waals surface area contributed by atoms with Crippen LogP contribution < -0.4 is 0 Å². The Bertz CT molecular complexity index is 402. The summed E-state index contributed by atoms with van der Waals surface area (Å²) >= 11 is 0. The molecule has 0 bridgehead atoms.